The summed E-state index contributed by atoms with van der Waals surface area (Å²) in [4.78, 5) is 11.6. The number of nitrogens with zero attached hydrogens (tertiary/aromatic N) is 2. The van der Waals surface area contributed by atoms with E-state index in [1.54, 1.807) is 28.6 Å². The number of imidazole rings is 1. The number of aryl methyl sites for hydroxylation is 2. The minimum Gasteiger partial charge on any atom is -0.494 e. The van der Waals surface area contributed by atoms with Gasteiger partial charge in [0.25, 0.3) is 0 Å². The lowest BCUT2D eigenvalue weighted by Gasteiger charge is -2.07. The van der Waals surface area contributed by atoms with Crippen LogP contribution in [0.5, 0.6) is 5.75 Å². The third-order valence-corrected chi connectivity index (χ3v) is 2.99. The highest BCUT2D eigenvalue weighted by atomic mass is 16.5. The molecule has 0 aliphatic rings. The molecule has 0 radical (unpaired) electrons. The van der Waals surface area contributed by atoms with Crippen molar-refractivity contribution in [2.45, 2.75) is 19.5 Å². The second-order valence-electron chi connectivity index (χ2n) is 4.44. The molecule has 0 bridgehead atoms. The summed E-state index contributed by atoms with van der Waals surface area (Å²) in [6.45, 7) is 1.79. The fourth-order valence-electron chi connectivity index (χ4n) is 1.83. The maximum absolute atomic E-state index is 11.6. The van der Waals surface area contributed by atoms with Crippen molar-refractivity contribution in [2.24, 2.45) is 12.8 Å². The molecule has 0 saturated heterocycles. The molecule has 2 N–H and O–H groups in total. The van der Waals surface area contributed by atoms with Crippen molar-refractivity contribution in [2.75, 3.05) is 6.61 Å². The van der Waals surface area contributed by atoms with E-state index >= 15 is 0 Å². The van der Waals surface area contributed by atoms with Crippen LogP contribution in [-0.4, -0.2) is 15.7 Å². The zero-order valence-electron chi connectivity index (χ0n) is 11.1. The van der Waals surface area contributed by atoms with Crippen molar-refractivity contribution >= 4 is 0 Å². The summed E-state index contributed by atoms with van der Waals surface area (Å²) in [5, 5.41) is 0. The first-order valence-corrected chi connectivity index (χ1v) is 6.34. The molecule has 102 valence electrons. The van der Waals surface area contributed by atoms with Gasteiger partial charge in [-0.05, 0) is 24.1 Å². The van der Waals surface area contributed by atoms with Gasteiger partial charge in [-0.3, -0.25) is 4.57 Å². The van der Waals surface area contributed by atoms with Crippen LogP contribution < -0.4 is 16.2 Å². The van der Waals surface area contributed by atoms with Gasteiger partial charge in [0.15, 0.2) is 0 Å². The topological polar surface area (TPSA) is 62.2 Å². The molecule has 5 nitrogen and oxygen atoms in total. The van der Waals surface area contributed by atoms with Gasteiger partial charge in [-0.25, -0.2) is 4.79 Å². The van der Waals surface area contributed by atoms with Crippen LogP contribution in [-0.2, 0) is 20.1 Å². The average molecular weight is 261 g/mol. The summed E-state index contributed by atoms with van der Waals surface area (Å²) in [5.74, 6) is 0.831. The van der Waals surface area contributed by atoms with E-state index in [9.17, 15) is 4.79 Å². The Kier molecular flexibility index (Phi) is 4.41. The van der Waals surface area contributed by atoms with E-state index in [0.29, 0.717) is 19.7 Å². The van der Waals surface area contributed by atoms with Gasteiger partial charge >= 0.3 is 5.69 Å². The summed E-state index contributed by atoms with van der Waals surface area (Å²) in [6.07, 6.45) is 4.34. The fraction of sp³-hybridized carbons (Fsp3) is 0.357. The molecule has 0 spiro atoms. The van der Waals surface area contributed by atoms with Gasteiger partial charge in [0.05, 0.1) is 6.61 Å². The Labute approximate surface area is 112 Å². The van der Waals surface area contributed by atoms with Crippen LogP contribution in [0.2, 0.25) is 0 Å². The van der Waals surface area contributed by atoms with Gasteiger partial charge in [0, 0.05) is 32.5 Å². The molecule has 1 aromatic heterocycles. The number of ether oxygens (including phenoxy) is 1. The van der Waals surface area contributed by atoms with Gasteiger partial charge in [-0.2, -0.15) is 0 Å². The molecule has 0 fully saturated rings. The van der Waals surface area contributed by atoms with E-state index in [1.165, 1.54) is 0 Å². The highest BCUT2D eigenvalue weighted by Gasteiger charge is 1.99. The first kappa shape index (κ1) is 13.4. The number of nitrogens with two attached hydrogens (primary N) is 1. The minimum atomic E-state index is 0.00676. The molecule has 0 aliphatic carbocycles. The quantitative estimate of drug-likeness (QED) is 0.792. The predicted octanol–water partition coefficient (Wildman–Crippen LogP) is 1.11. The molecule has 0 unspecified atom stereocenters. The van der Waals surface area contributed by atoms with Gasteiger partial charge in [-0.15, -0.1) is 0 Å². The van der Waals surface area contributed by atoms with Crippen LogP contribution >= 0.6 is 0 Å². The minimum absolute atomic E-state index is 0.00676. The van der Waals surface area contributed by atoms with E-state index in [0.717, 1.165) is 17.7 Å². The molecule has 19 heavy (non-hydrogen) atoms. The molecule has 2 aromatic rings. The Hall–Kier alpha value is -2.01. The summed E-state index contributed by atoms with van der Waals surface area (Å²) in [6, 6.07) is 7.74. The number of benzene rings is 1. The maximum Gasteiger partial charge on any atom is 0.327 e. The normalized spacial score (nSPS) is 10.6. The average Bonchev–Trinajstić information content (AvgIpc) is 2.76. The van der Waals surface area contributed by atoms with Gasteiger partial charge in [-0.1, -0.05) is 12.1 Å². The third-order valence-electron chi connectivity index (χ3n) is 2.99. The van der Waals surface area contributed by atoms with Crippen LogP contribution in [0.1, 0.15) is 12.0 Å². The molecule has 1 heterocycles. The number of aromatic nitrogens is 2. The van der Waals surface area contributed by atoms with Crippen LogP contribution in [0.25, 0.3) is 0 Å². The smallest absolute Gasteiger partial charge is 0.327 e. The maximum atomic E-state index is 11.6. The molecule has 1 aromatic carbocycles. The Morgan fingerprint density at radius 1 is 1.21 bits per heavy atom. The lowest BCUT2D eigenvalue weighted by atomic mass is 10.2. The molecule has 2 rings (SSSR count). The fourth-order valence-corrected chi connectivity index (χ4v) is 1.83. The molecule has 5 heteroatoms. The second-order valence-corrected chi connectivity index (χ2v) is 4.44. The monoisotopic (exact) mass is 261 g/mol. The van der Waals surface area contributed by atoms with E-state index in [1.807, 2.05) is 24.3 Å². The lowest BCUT2D eigenvalue weighted by Crippen LogP contribution is -2.22. The predicted molar refractivity (Wildman–Crippen MR) is 74.1 cm³/mol. The Morgan fingerprint density at radius 3 is 2.53 bits per heavy atom. The molecular formula is C14H19N3O2. The molecular weight excluding hydrogens is 242 g/mol. The highest BCUT2D eigenvalue weighted by molar-refractivity contribution is 5.26. The van der Waals surface area contributed by atoms with Crippen molar-refractivity contribution < 1.29 is 4.74 Å². The molecule has 0 atom stereocenters. The van der Waals surface area contributed by atoms with E-state index < -0.39 is 0 Å². The number of rotatable bonds is 6. The van der Waals surface area contributed by atoms with E-state index in [2.05, 4.69) is 0 Å². The Morgan fingerprint density at radius 2 is 1.95 bits per heavy atom. The number of hydrogen-bond acceptors (Lipinski definition) is 3. The van der Waals surface area contributed by atoms with Crippen molar-refractivity contribution in [3.8, 4) is 5.75 Å². The molecule has 0 aliphatic heterocycles. The van der Waals surface area contributed by atoms with Crippen LogP contribution in [0.15, 0.2) is 41.5 Å². The zero-order chi connectivity index (χ0) is 13.7. The van der Waals surface area contributed by atoms with E-state index in [4.69, 9.17) is 10.5 Å². The van der Waals surface area contributed by atoms with Gasteiger partial charge in [0.1, 0.15) is 5.75 Å². The van der Waals surface area contributed by atoms with Crippen molar-refractivity contribution in [3.63, 3.8) is 0 Å². The highest BCUT2D eigenvalue weighted by Crippen LogP contribution is 2.11. The summed E-state index contributed by atoms with van der Waals surface area (Å²) in [5.41, 5.74) is 6.62. The third kappa shape index (κ3) is 3.48. The standard InChI is InChI=1S/C14H19N3O2/c1-16-8-9-17(14(16)18)7-2-10-19-13-5-3-12(11-15)4-6-13/h3-6,8-9H,2,7,10-11,15H2,1H3. The SMILES string of the molecule is Cn1ccn(CCCOc2ccc(CN)cc2)c1=O. The Balaban J connectivity index is 1.77. The summed E-state index contributed by atoms with van der Waals surface area (Å²) >= 11 is 0. The van der Waals surface area contributed by atoms with Crippen LogP contribution in [0, 0.1) is 0 Å². The van der Waals surface area contributed by atoms with Crippen molar-refractivity contribution in [1.82, 2.24) is 9.13 Å². The van der Waals surface area contributed by atoms with Gasteiger partial charge < -0.3 is 15.0 Å². The van der Waals surface area contributed by atoms with Crippen LogP contribution in [0.3, 0.4) is 0 Å². The lowest BCUT2D eigenvalue weighted by molar-refractivity contribution is 0.300. The zero-order valence-corrected chi connectivity index (χ0v) is 11.1. The first-order chi connectivity index (χ1) is 9.20. The Bertz CT molecular complexity index is 569. The molecule has 0 saturated carbocycles. The van der Waals surface area contributed by atoms with Crippen molar-refractivity contribution in [1.29, 1.82) is 0 Å². The second kappa shape index (κ2) is 6.24. The summed E-state index contributed by atoms with van der Waals surface area (Å²) < 4.78 is 8.85. The first-order valence-electron chi connectivity index (χ1n) is 6.34. The molecule has 0 amide bonds. The van der Waals surface area contributed by atoms with E-state index in [-0.39, 0.29) is 5.69 Å². The van der Waals surface area contributed by atoms with Crippen LogP contribution in [0.4, 0.5) is 0 Å². The van der Waals surface area contributed by atoms with Crippen molar-refractivity contribution in [3.05, 3.63) is 52.7 Å². The summed E-state index contributed by atoms with van der Waals surface area (Å²) in [7, 11) is 1.74. The number of hydrogen-bond donors (Lipinski definition) is 1. The largest absolute Gasteiger partial charge is 0.494 e. The van der Waals surface area contributed by atoms with Gasteiger partial charge in [0.2, 0.25) is 0 Å².